The largest absolute Gasteiger partial charge is 0.444 e. The molecule has 0 saturated heterocycles. The van der Waals surface area contributed by atoms with Gasteiger partial charge < -0.3 is 10.1 Å². The molecule has 1 aliphatic rings. The molecule has 0 aliphatic heterocycles. The first-order valence-corrected chi connectivity index (χ1v) is 6.56. The molecular formula is C11H21NO2S. The fraction of sp³-hybridized carbons (Fsp3) is 0.909. The third kappa shape index (κ3) is 4.78. The summed E-state index contributed by atoms with van der Waals surface area (Å²) in [6, 6.07) is 0.323. The van der Waals surface area contributed by atoms with Gasteiger partial charge in [0, 0.05) is 11.3 Å². The van der Waals surface area contributed by atoms with Crippen molar-refractivity contribution >= 4 is 17.9 Å². The first-order valence-electron chi connectivity index (χ1n) is 5.52. The molecule has 1 fully saturated rings. The number of nitrogens with one attached hydrogen (secondary N) is 1. The Morgan fingerprint density at radius 3 is 2.53 bits per heavy atom. The fourth-order valence-electron chi connectivity index (χ4n) is 1.53. The zero-order valence-corrected chi connectivity index (χ0v) is 10.8. The van der Waals surface area contributed by atoms with Crippen LogP contribution in [0.25, 0.3) is 0 Å². The molecule has 1 N–H and O–H groups in total. The highest BCUT2D eigenvalue weighted by atomic mass is 32.2. The average Bonchev–Trinajstić information content (AvgIpc) is 1.97. The second-order valence-corrected chi connectivity index (χ2v) is 6.47. The van der Waals surface area contributed by atoms with Crippen molar-refractivity contribution in [3.05, 3.63) is 0 Å². The summed E-state index contributed by atoms with van der Waals surface area (Å²) >= 11 is 1.97. The van der Waals surface area contributed by atoms with Gasteiger partial charge in [0.25, 0.3) is 0 Å². The van der Waals surface area contributed by atoms with Crippen molar-refractivity contribution in [1.82, 2.24) is 5.32 Å². The molecule has 0 unspecified atom stereocenters. The van der Waals surface area contributed by atoms with E-state index in [1.54, 1.807) is 0 Å². The van der Waals surface area contributed by atoms with E-state index >= 15 is 0 Å². The van der Waals surface area contributed by atoms with E-state index < -0.39 is 5.60 Å². The van der Waals surface area contributed by atoms with Crippen LogP contribution in [0.15, 0.2) is 0 Å². The Morgan fingerprint density at radius 1 is 1.47 bits per heavy atom. The second kappa shape index (κ2) is 5.10. The summed E-state index contributed by atoms with van der Waals surface area (Å²) in [4.78, 5) is 11.4. The zero-order chi connectivity index (χ0) is 11.5. The monoisotopic (exact) mass is 231 g/mol. The lowest BCUT2D eigenvalue weighted by Gasteiger charge is -2.35. The summed E-state index contributed by atoms with van der Waals surface area (Å²) in [6.45, 7) is 7.80. The van der Waals surface area contributed by atoms with Gasteiger partial charge >= 0.3 is 6.09 Å². The first kappa shape index (κ1) is 12.7. The summed E-state index contributed by atoms with van der Waals surface area (Å²) in [5.74, 6) is 1.16. The average molecular weight is 231 g/mol. The number of alkyl carbamates (subject to hydrolysis) is 1. The second-order valence-electron chi connectivity index (χ2n) is 4.89. The minimum absolute atomic E-state index is 0.285. The maximum Gasteiger partial charge on any atom is 0.407 e. The molecule has 88 valence electrons. The van der Waals surface area contributed by atoms with Crippen LogP contribution in [-0.2, 0) is 4.74 Å². The third-order valence-electron chi connectivity index (χ3n) is 2.22. The molecule has 1 amide bonds. The van der Waals surface area contributed by atoms with E-state index in [0.29, 0.717) is 6.04 Å². The van der Waals surface area contributed by atoms with Crippen molar-refractivity contribution in [2.75, 3.05) is 5.75 Å². The highest BCUT2D eigenvalue weighted by Crippen LogP contribution is 2.31. The van der Waals surface area contributed by atoms with Crippen molar-refractivity contribution in [3.63, 3.8) is 0 Å². The predicted molar refractivity (Wildman–Crippen MR) is 64.3 cm³/mol. The quantitative estimate of drug-likeness (QED) is 0.811. The van der Waals surface area contributed by atoms with Gasteiger partial charge in [-0.3, -0.25) is 0 Å². The Bertz CT molecular complexity index is 219. The molecule has 1 aliphatic carbocycles. The van der Waals surface area contributed by atoms with Gasteiger partial charge in [0.1, 0.15) is 5.60 Å². The molecule has 15 heavy (non-hydrogen) atoms. The van der Waals surface area contributed by atoms with Crippen LogP contribution in [0.5, 0.6) is 0 Å². The van der Waals surface area contributed by atoms with Crippen LogP contribution < -0.4 is 5.32 Å². The van der Waals surface area contributed by atoms with Gasteiger partial charge in [-0.25, -0.2) is 4.79 Å². The van der Waals surface area contributed by atoms with Gasteiger partial charge in [-0.05, 0) is 39.4 Å². The predicted octanol–water partition coefficient (Wildman–Crippen LogP) is 2.80. The summed E-state index contributed by atoms with van der Waals surface area (Å²) in [6.07, 6.45) is 1.88. The van der Waals surface area contributed by atoms with Gasteiger partial charge in [-0.2, -0.15) is 11.8 Å². The van der Waals surface area contributed by atoms with Crippen LogP contribution >= 0.6 is 11.8 Å². The number of rotatable bonds is 3. The molecule has 0 aromatic carbocycles. The van der Waals surface area contributed by atoms with Crippen LogP contribution in [0.2, 0.25) is 0 Å². The zero-order valence-electron chi connectivity index (χ0n) is 10.0. The molecule has 0 spiro atoms. The van der Waals surface area contributed by atoms with Crippen LogP contribution in [0.3, 0.4) is 0 Å². The molecule has 4 heteroatoms. The van der Waals surface area contributed by atoms with Gasteiger partial charge in [-0.1, -0.05) is 6.92 Å². The number of amides is 1. The minimum Gasteiger partial charge on any atom is -0.444 e. The van der Waals surface area contributed by atoms with Crippen molar-refractivity contribution in [2.24, 2.45) is 0 Å². The Labute approximate surface area is 96.3 Å². The molecule has 0 atom stereocenters. The number of carbonyl (C=O) groups is 1. The van der Waals surface area contributed by atoms with E-state index in [9.17, 15) is 4.79 Å². The summed E-state index contributed by atoms with van der Waals surface area (Å²) in [7, 11) is 0. The lowest BCUT2D eigenvalue weighted by atomic mass is 9.92. The van der Waals surface area contributed by atoms with Crippen molar-refractivity contribution < 1.29 is 9.53 Å². The number of ether oxygens (including phenoxy) is 1. The standard InChI is InChI=1S/C11H21NO2S/c1-5-15-9-6-8(7-9)12-10(13)14-11(2,3)4/h8-9H,5-7H2,1-4H3,(H,12,13)/t8-,9+. The fourth-order valence-corrected chi connectivity index (χ4v) is 2.74. The number of thioether (sulfide) groups is 1. The Hall–Kier alpha value is -0.380. The summed E-state index contributed by atoms with van der Waals surface area (Å²) < 4.78 is 5.18. The van der Waals surface area contributed by atoms with Crippen LogP contribution in [0.1, 0.15) is 40.5 Å². The molecular weight excluding hydrogens is 210 g/mol. The van der Waals surface area contributed by atoms with Gasteiger partial charge in [-0.15, -0.1) is 0 Å². The lowest BCUT2D eigenvalue weighted by molar-refractivity contribution is 0.0482. The van der Waals surface area contributed by atoms with E-state index in [-0.39, 0.29) is 6.09 Å². The van der Waals surface area contributed by atoms with Gasteiger partial charge in [0.15, 0.2) is 0 Å². The molecule has 0 bridgehead atoms. The Morgan fingerprint density at radius 2 is 2.07 bits per heavy atom. The Kier molecular flexibility index (Phi) is 4.32. The Balaban J connectivity index is 2.14. The topological polar surface area (TPSA) is 38.3 Å². The molecule has 3 nitrogen and oxygen atoms in total. The van der Waals surface area contributed by atoms with Crippen LogP contribution in [0, 0.1) is 0 Å². The molecule has 0 radical (unpaired) electrons. The van der Waals surface area contributed by atoms with Gasteiger partial charge in [0.2, 0.25) is 0 Å². The maximum absolute atomic E-state index is 11.4. The summed E-state index contributed by atoms with van der Waals surface area (Å²) in [5.41, 5.74) is -0.397. The van der Waals surface area contributed by atoms with Crippen molar-refractivity contribution in [3.8, 4) is 0 Å². The maximum atomic E-state index is 11.4. The molecule has 0 heterocycles. The van der Waals surface area contributed by atoms with E-state index in [1.165, 1.54) is 0 Å². The van der Waals surface area contributed by atoms with Gasteiger partial charge in [0.05, 0.1) is 0 Å². The third-order valence-corrected chi connectivity index (χ3v) is 3.41. The number of hydrogen-bond donors (Lipinski definition) is 1. The number of hydrogen-bond acceptors (Lipinski definition) is 3. The van der Waals surface area contributed by atoms with E-state index in [2.05, 4.69) is 12.2 Å². The number of carbonyl (C=O) groups excluding carboxylic acids is 1. The van der Waals surface area contributed by atoms with Crippen LogP contribution in [0.4, 0.5) is 4.79 Å². The molecule has 0 aromatic rings. The lowest BCUT2D eigenvalue weighted by Crippen LogP contribution is -2.47. The smallest absolute Gasteiger partial charge is 0.407 e. The van der Waals surface area contributed by atoms with Crippen molar-refractivity contribution in [2.45, 2.75) is 57.4 Å². The first-order chi connectivity index (χ1) is 6.90. The van der Waals surface area contributed by atoms with E-state index in [4.69, 9.17) is 4.74 Å². The summed E-state index contributed by atoms with van der Waals surface area (Å²) in [5, 5.41) is 3.62. The van der Waals surface area contributed by atoms with Crippen LogP contribution in [-0.4, -0.2) is 28.7 Å². The molecule has 0 aromatic heterocycles. The normalized spacial score (nSPS) is 25.6. The molecule has 1 saturated carbocycles. The SMILES string of the molecule is CCS[C@H]1C[C@@H](NC(=O)OC(C)(C)C)C1. The highest BCUT2D eigenvalue weighted by molar-refractivity contribution is 7.99. The highest BCUT2D eigenvalue weighted by Gasteiger charge is 2.31. The molecule has 1 rings (SSSR count). The van der Waals surface area contributed by atoms with E-state index in [1.807, 2.05) is 32.5 Å². The van der Waals surface area contributed by atoms with Crippen molar-refractivity contribution in [1.29, 1.82) is 0 Å². The van der Waals surface area contributed by atoms with E-state index in [0.717, 1.165) is 23.8 Å². The minimum atomic E-state index is -0.397.